The fourth-order valence-corrected chi connectivity index (χ4v) is 2.36. The smallest absolute Gasteiger partial charge is 0.149 e. The van der Waals surface area contributed by atoms with Crippen LogP contribution >= 0.6 is 0 Å². The van der Waals surface area contributed by atoms with Crippen LogP contribution in [0.5, 0.6) is 5.75 Å². The highest BCUT2D eigenvalue weighted by molar-refractivity contribution is 5.18. The third-order valence-corrected chi connectivity index (χ3v) is 3.42. The van der Waals surface area contributed by atoms with Crippen molar-refractivity contribution in [2.45, 2.75) is 38.9 Å². The molecule has 1 unspecified atom stereocenters. The summed E-state index contributed by atoms with van der Waals surface area (Å²) in [4.78, 5) is 4.15. The van der Waals surface area contributed by atoms with Crippen molar-refractivity contribution in [3.63, 3.8) is 0 Å². The van der Waals surface area contributed by atoms with E-state index in [1.807, 2.05) is 6.07 Å². The molecule has 2 N–H and O–H groups in total. The number of pyridine rings is 1. The van der Waals surface area contributed by atoms with Gasteiger partial charge >= 0.3 is 0 Å². The third-order valence-electron chi connectivity index (χ3n) is 3.42. The summed E-state index contributed by atoms with van der Waals surface area (Å²) in [5.74, 6) is 2.27. The van der Waals surface area contributed by atoms with Gasteiger partial charge in [0.05, 0.1) is 17.9 Å². The van der Waals surface area contributed by atoms with Crippen LogP contribution in [0.25, 0.3) is 0 Å². The molecule has 3 heterocycles. The number of aryl methyl sites for hydroxylation is 1. The van der Waals surface area contributed by atoms with Gasteiger partial charge in [-0.2, -0.15) is 0 Å². The van der Waals surface area contributed by atoms with Crippen molar-refractivity contribution >= 4 is 0 Å². The number of nitrogens with one attached hydrogen (secondary N) is 1. The lowest BCUT2D eigenvalue weighted by Gasteiger charge is -2.13. The fourth-order valence-electron chi connectivity index (χ4n) is 2.36. The zero-order valence-electron chi connectivity index (χ0n) is 10.9. The van der Waals surface area contributed by atoms with Gasteiger partial charge in [-0.3, -0.25) is 4.98 Å². The van der Waals surface area contributed by atoms with Crippen molar-refractivity contribution in [1.82, 2.24) is 25.1 Å². The van der Waals surface area contributed by atoms with E-state index in [0.29, 0.717) is 6.54 Å². The molecule has 1 aliphatic rings. The maximum absolute atomic E-state index is 9.19. The Morgan fingerprint density at radius 2 is 2.32 bits per heavy atom. The topological polar surface area (TPSA) is 75.9 Å². The van der Waals surface area contributed by atoms with Gasteiger partial charge in [0.1, 0.15) is 17.4 Å². The van der Waals surface area contributed by atoms with Crippen LogP contribution in [-0.2, 0) is 19.5 Å². The predicted molar refractivity (Wildman–Crippen MR) is 69.5 cm³/mol. The quantitative estimate of drug-likeness (QED) is 0.862. The number of hydrogen-bond acceptors (Lipinski definition) is 5. The zero-order valence-corrected chi connectivity index (χ0v) is 10.9. The molecule has 3 rings (SSSR count). The van der Waals surface area contributed by atoms with Gasteiger partial charge in [0.2, 0.25) is 0 Å². The number of aromatic hydroxyl groups is 1. The van der Waals surface area contributed by atoms with E-state index in [0.717, 1.165) is 36.7 Å². The van der Waals surface area contributed by atoms with Crippen molar-refractivity contribution in [2.75, 3.05) is 0 Å². The molecule has 0 fully saturated rings. The van der Waals surface area contributed by atoms with E-state index < -0.39 is 0 Å². The second-order valence-corrected chi connectivity index (χ2v) is 4.84. The Morgan fingerprint density at radius 1 is 1.42 bits per heavy atom. The number of nitrogens with zero attached hydrogens (tertiary/aromatic N) is 4. The third kappa shape index (κ3) is 2.44. The molecule has 2 aromatic heterocycles. The van der Waals surface area contributed by atoms with E-state index in [-0.39, 0.29) is 11.8 Å². The van der Waals surface area contributed by atoms with Gasteiger partial charge in [-0.15, -0.1) is 10.2 Å². The average Bonchev–Trinajstić information content (AvgIpc) is 3.00. The summed E-state index contributed by atoms with van der Waals surface area (Å²) in [7, 11) is 0. The molecule has 1 aliphatic heterocycles. The van der Waals surface area contributed by atoms with E-state index in [2.05, 4.69) is 32.0 Å². The first-order valence-corrected chi connectivity index (χ1v) is 6.53. The molecule has 2 aromatic rings. The minimum atomic E-state index is 0.134. The Labute approximate surface area is 111 Å². The normalized spacial score (nSPS) is 15.4. The Bertz CT molecular complexity index is 563. The molecule has 100 valence electrons. The van der Waals surface area contributed by atoms with Gasteiger partial charge in [0.25, 0.3) is 0 Å². The first-order valence-electron chi connectivity index (χ1n) is 6.53. The molecule has 0 amide bonds. The Kier molecular flexibility index (Phi) is 3.16. The molecule has 0 radical (unpaired) electrons. The lowest BCUT2D eigenvalue weighted by Crippen LogP contribution is -2.22. The number of hydrogen-bond donors (Lipinski definition) is 2. The summed E-state index contributed by atoms with van der Waals surface area (Å²) in [5.41, 5.74) is 0.894. The van der Waals surface area contributed by atoms with Crippen LogP contribution in [0, 0.1) is 0 Å². The molecule has 6 heteroatoms. The van der Waals surface area contributed by atoms with Crippen LogP contribution in [-0.4, -0.2) is 24.9 Å². The second kappa shape index (κ2) is 4.97. The molecule has 0 aromatic carbocycles. The molecule has 19 heavy (non-hydrogen) atoms. The predicted octanol–water partition coefficient (Wildman–Crippen LogP) is 1.18. The maximum atomic E-state index is 9.19. The van der Waals surface area contributed by atoms with Gasteiger partial charge in [-0.1, -0.05) is 0 Å². The van der Waals surface area contributed by atoms with E-state index >= 15 is 0 Å². The summed E-state index contributed by atoms with van der Waals surface area (Å²) in [5, 5.41) is 21.0. The first kappa shape index (κ1) is 12.1. The Balaban J connectivity index is 1.65. The van der Waals surface area contributed by atoms with Gasteiger partial charge in [0, 0.05) is 19.5 Å². The van der Waals surface area contributed by atoms with Crippen LogP contribution in [0.15, 0.2) is 18.3 Å². The van der Waals surface area contributed by atoms with Crippen molar-refractivity contribution < 1.29 is 5.11 Å². The standard InChI is InChI=1S/C13H17N5O/c1-9(13-17-16-12-3-2-6-18(12)13)14-7-10-4-5-11(19)8-15-10/h4-5,8-9,14,19H,2-3,6-7H2,1H3. The molecule has 0 bridgehead atoms. The van der Waals surface area contributed by atoms with Crippen LogP contribution < -0.4 is 5.32 Å². The van der Waals surface area contributed by atoms with E-state index in [4.69, 9.17) is 0 Å². The van der Waals surface area contributed by atoms with Crippen LogP contribution in [0.2, 0.25) is 0 Å². The fraction of sp³-hybridized carbons (Fsp3) is 0.462. The summed E-state index contributed by atoms with van der Waals surface area (Å²) in [6, 6.07) is 3.59. The highest BCUT2D eigenvalue weighted by atomic mass is 16.3. The average molecular weight is 259 g/mol. The molecular formula is C13H17N5O. The summed E-state index contributed by atoms with van der Waals surface area (Å²) < 4.78 is 2.20. The minimum Gasteiger partial charge on any atom is -0.506 e. The van der Waals surface area contributed by atoms with E-state index in [1.54, 1.807) is 6.07 Å². The van der Waals surface area contributed by atoms with Crippen LogP contribution in [0.4, 0.5) is 0 Å². The highest BCUT2D eigenvalue weighted by Gasteiger charge is 2.20. The largest absolute Gasteiger partial charge is 0.506 e. The van der Waals surface area contributed by atoms with E-state index in [1.165, 1.54) is 6.20 Å². The molecule has 0 aliphatic carbocycles. The van der Waals surface area contributed by atoms with Crippen molar-refractivity contribution in [1.29, 1.82) is 0 Å². The molecular weight excluding hydrogens is 242 g/mol. The zero-order chi connectivity index (χ0) is 13.2. The minimum absolute atomic E-state index is 0.134. The van der Waals surface area contributed by atoms with E-state index in [9.17, 15) is 5.11 Å². The number of aromatic nitrogens is 4. The van der Waals surface area contributed by atoms with Gasteiger partial charge in [-0.25, -0.2) is 0 Å². The molecule has 0 spiro atoms. The van der Waals surface area contributed by atoms with Crippen molar-refractivity contribution in [3.05, 3.63) is 35.7 Å². The molecule has 0 saturated carbocycles. The van der Waals surface area contributed by atoms with Gasteiger partial charge in [0.15, 0.2) is 0 Å². The summed E-state index contributed by atoms with van der Waals surface area (Å²) >= 11 is 0. The lowest BCUT2D eigenvalue weighted by atomic mass is 10.3. The van der Waals surface area contributed by atoms with Crippen LogP contribution in [0.3, 0.4) is 0 Å². The highest BCUT2D eigenvalue weighted by Crippen LogP contribution is 2.19. The summed E-state index contributed by atoms with van der Waals surface area (Å²) in [6.45, 7) is 3.74. The van der Waals surface area contributed by atoms with Crippen molar-refractivity contribution in [2.24, 2.45) is 0 Å². The monoisotopic (exact) mass is 259 g/mol. The SMILES string of the molecule is CC(NCc1ccc(O)cn1)c1nnc2n1CCC2. The second-order valence-electron chi connectivity index (χ2n) is 4.84. The van der Waals surface area contributed by atoms with Gasteiger partial charge in [-0.05, 0) is 25.5 Å². The van der Waals surface area contributed by atoms with Crippen LogP contribution in [0.1, 0.15) is 36.7 Å². The van der Waals surface area contributed by atoms with Gasteiger partial charge < -0.3 is 15.0 Å². The summed E-state index contributed by atoms with van der Waals surface area (Å²) in [6.07, 6.45) is 3.64. The lowest BCUT2D eigenvalue weighted by molar-refractivity contribution is 0.470. The molecule has 6 nitrogen and oxygen atoms in total. The molecule has 1 atom stereocenters. The Hall–Kier alpha value is -1.95. The first-order chi connectivity index (χ1) is 9.24. The molecule has 0 saturated heterocycles. The van der Waals surface area contributed by atoms with Crippen molar-refractivity contribution in [3.8, 4) is 5.75 Å². The Morgan fingerprint density at radius 3 is 3.11 bits per heavy atom. The number of rotatable bonds is 4. The number of fused-ring (bicyclic) bond motifs is 1. The maximum Gasteiger partial charge on any atom is 0.149 e.